The minimum Gasteiger partial charge on any atom is -0.493 e. The van der Waals surface area contributed by atoms with Gasteiger partial charge in [-0.1, -0.05) is 18.1 Å². The number of allylic oxidation sites excluding steroid dienone is 2. The summed E-state index contributed by atoms with van der Waals surface area (Å²) in [7, 11) is 8.41. The number of hydrogen-bond acceptors (Lipinski definition) is 3. The number of anilines is 1. The summed E-state index contributed by atoms with van der Waals surface area (Å²) in [5.74, 6) is 1.78. The molecule has 2 aromatic rings. The van der Waals surface area contributed by atoms with Gasteiger partial charge >= 0.3 is 0 Å². The van der Waals surface area contributed by atoms with E-state index in [4.69, 9.17) is 14.4 Å². The summed E-state index contributed by atoms with van der Waals surface area (Å²) in [6.07, 6.45) is 1.93. The predicted octanol–water partition coefficient (Wildman–Crippen LogP) is 5.07. The van der Waals surface area contributed by atoms with E-state index in [0.29, 0.717) is 31.4 Å². The van der Waals surface area contributed by atoms with Crippen LogP contribution in [0, 0.1) is 12.7 Å². The van der Waals surface area contributed by atoms with E-state index < -0.39 is 0 Å². The molecular weight excluding hydrogens is 435 g/mol. The Kier molecular flexibility index (Phi) is 10.2. The number of hydrogen-bond donors (Lipinski definition) is 1. The van der Waals surface area contributed by atoms with Crippen molar-refractivity contribution < 1.29 is 13.9 Å². The number of halogens is 1. The molecule has 0 aliphatic rings. The number of nitrogens with zero attached hydrogens (tertiary/aromatic N) is 2. The molecule has 0 spiro atoms. The molecule has 2 rings (SSSR count). The third kappa shape index (κ3) is 7.78. The molecule has 0 aliphatic carbocycles. The normalized spacial score (nSPS) is 12.2. The van der Waals surface area contributed by atoms with Crippen LogP contribution in [0.2, 0.25) is 6.32 Å². The molecule has 0 radical (unpaired) electrons. The highest BCUT2D eigenvalue weighted by Gasteiger charge is 2.14. The Morgan fingerprint density at radius 1 is 1.09 bits per heavy atom. The van der Waals surface area contributed by atoms with Gasteiger partial charge in [0.05, 0.1) is 14.2 Å². The molecule has 2 aromatic carbocycles. The first-order chi connectivity index (χ1) is 15.7. The van der Waals surface area contributed by atoms with E-state index in [1.165, 1.54) is 17.2 Å². The van der Waals surface area contributed by atoms with Crippen LogP contribution in [-0.2, 0) is 6.54 Å². The number of nitrogens with one attached hydrogen (secondary N) is 1. The van der Waals surface area contributed by atoms with Gasteiger partial charge in [-0.05, 0) is 74.2 Å². The summed E-state index contributed by atoms with van der Waals surface area (Å²) in [6, 6.07) is 8.86. The molecule has 0 heterocycles. The van der Waals surface area contributed by atoms with Gasteiger partial charge in [-0.3, -0.25) is 0 Å². The first-order valence-corrected chi connectivity index (χ1v) is 11.7. The minimum absolute atomic E-state index is 0.246. The summed E-state index contributed by atoms with van der Waals surface area (Å²) < 4.78 is 24.8. The molecule has 178 valence electrons. The molecule has 0 amide bonds. The van der Waals surface area contributed by atoms with Crippen LogP contribution in [0.25, 0.3) is 0 Å². The van der Waals surface area contributed by atoms with Crippen LogP contribution in [0.1, 0.15) is 38.3 Å². The third-order valence-electron chi connectivity index (χ3n) is 5.75. The Bertz CT molecular complexity index is 1010. The Morgan fingerprint density at radius 2 is 1.76 bits per heavy atom. The van der Waals surface area contributed by atoms with Gasteiger partial charge in [-0.2, -0.15) is 0 Å². The van der Waals surface area contributed by atoms with Crippen molar-refractivity contribution in [3.63, 3.8) is 0 Å². The van der Waals surface area contributed by atoms with E-state index in [9.17, 15) is 4.39 Å². The second-order valence-corrected chi connectivity index (χ2v) is 8.93. The smallest absolute Gasteiger partial charge is 0.270 e. The predicted molar refractivity (Wildman–Crippen MR) is 143 cm³/mol. The van der Waals surface area contributed by atoms with E-state index in [0.717, 1.165) is 34.9 Å². The average Bonchev–Trinajstić information content (AvgIpc) is 2.77. The van der Waals surface area contributed by atoms with Gasteiger partial charge in [0, 0.05) is 25.3 Å². The van der Waals surface area contributed by atoms with Crippen LogP contribution in [0.15, 0.2) is 46.4 Å². The molecule has 0 saturated heterocycles. The zero-order valence-corrected chi connectivity index (χ0v) is 22.0. The van der Waals surface area contributed by atoms with E-state index in [2.05, 4.69) is 35.3 Å². The van der Waals surface area contributed by atoms with Gasteiger partial charge in [-0.25, -0.2) is 4.39 Å². The monoisotopic (exact) mass is 471 g/mol. The molecular formula is C25H36BFN3O2P. The van der Waals surface area contributed by atoms with Crippen LogP contribution in [0.5, 0.6) is 11.5 Å². The summed E-state index contributed by atoms with van der Waals surface area (Å²) in [4.78, 5) is 6.88. The average molecular weight is 471 g/mol. The lowest BCUT2D eigenvalue weighted by molar-refractivity contribution is 0.355. The lowest BCUT2D eigenvalue weighted by atomic mass is 9.84. The van der Waals surface area contributed by atoms with Gasteiger partial charge in [0.1, 0.15) is 5.82 Å². The van der Waals surface area contributed by atoms with Gasteiger partial charge in [0.2, 0.25) is 0 Å². The SMILES string of the molecule is CC/C(C)=C(\C)CB/N=C(/Nc1cc(OC)c(OC)cc1C)N(C)Cc1cc(F)cc(P)c1. The maximum absolute atomic E-state index is 13.9. The zero-order chi connectivity index (χ0) is 24.5. The fraction of sp³-hybridized carbons (Fsp3) is 0.400. The topological polar surface area (TPSA) is 46.1 Å². The summed E-state index contributed by atoms with van der Waals surface area (Å²) in [6.45, 7) is 9.02. The van der Waals surface area contributed by atoms with Crippen molar-refractivity contribution in [1.82, 2.24) is 4.90 Å². The number of rotatable bonds is 9. The minimum atomic E-state index is -0.246. The fourth-order valence-electron chi connectivity index (χ4n) is 3.45. The first-order valence-electron chi connectivity index (χ1n) is 11.1. The maximum atomic E-state index is 13.9. The van der Waals surface area contributed by atoms with Gasteiger partial charge in [0.25, 0.3) is 7.41 Å². The van der Waals surface area contributed by atoms with Crippen molar-refractivity contribution in [3.05, 3.63) is 58.4 Å². The summed E-state index contributed by atoms with van der Waals surface area (Å²) in [5.41, 5.74) is 5.52. The van der Waals surface area contributed by atoms with Crippen molar-refractivity contribution in [1.29, 1.82) is 0 Å². The zero-order valence-electron chi connectivity index (χ0n) is 20.9. The van der Waals surface area contributed by atoms with Crippen molar-refractivity contribution in [2.24, 2.45) is 4.90 Å². The second kappa shape index (κ2) is 12.6. The molecule has 33 heavy (non-hydrogen) atoms. The lowest BCUT2D eigenvalue weighted by Gasteiger charge is -2.24. The molecule has 1 unspecified atom stereocenters. The fourth-order valence-corrected chi connectivity index (χ4v) is 3.82. The first kappa shape index (κ1) is 26.7. The van der Waals surface area contributed by atoms with Crippen LogP contribution in [0.4, 0.5) is 10.1 Å². The second-order valence-electron chi connectivity index (χ2n) is 8.27. The quantitative estimate of drug-likeness (QED) is 0.183. The number of guanidine groups is 1. The highest BCUT2D eigenvalue weighted by Crippen LogP contribution is 2.33. The molecule has 0 bridgehead atoms. The van der Waals surface area contributed by atoms with Crippen LogP contribution in [0.3, 0.4) is 0 Å². The van der Waals surface area contributed by atoms with Crippen molar-refractivity contribution in [2.45, 2.75) is 47.0 Å². The Labute approximate surface area is 200 Å². The molecule has 0 aliphatic heterocycles. The van der Waals surface area contributed by atoms with Crippen molar-refractivity contribution in [3.8, 4) is 11.5 Å². The Hall–Kier alpha value is -2.53. The summed E-state index contributed by atoms with van der Waals surface area (Å²) in [5, 5.41) is 4.28. The van der Waals surface area contributed by atoms with Crippen LogP contribution in [-0.4, -0.2) is 39.5 Å². The van der Waals surface area contributed by atoms with Crippen LogP contribution >= 0.6 is 9.24 Å². The molecule has 5 nitrogen and oxygen atoms in total. The third-order valence-corrected chi connectivity index (χ3v) is 6.08. The van der Waals surface area contributed by atoms with E-state index >= 15 is 0 Å². The van der Waals surface area contributed by atoms with Crippen molar-refractivity contribution in [2.75, 3.05) is 26.6 Å². The molecule has 1 atom stereocenters. The van der Waals surface area contributed by atoms with Crippen LogP contribution < -0.4 is 20.1 Å². The number of aryl methyl sites for hydroxylation is 1. The Morgan fingerprint density at radius 3 is 2.36 bits per heavy atom. The molecule has 0 saturated carbocycles. The summed E-state index contributed by atoms with van der Waals surface area (Å²) >= 11 is 0. The number of benzene rings is 2. The molecule has 1 N–H and O–H groups in total. The largest absolute Gasteiger partial charge is 0.493 e. The van der Waals surface area contributed by atoms with E-state index in [1.54, 1.807) is 20.3 Å². The maximum Gasteiger partial charge on any atom is 0.270 e. The molecule has 8 heteroatoms. The molecule has 0 aromatic heterocycles. The van der Waals surface area contributed by atoms with Crippen molar-refractivity contribution >= 4 is 33.6 Å². The standard InChI is InChI=1S/C25H36BFN3O2P/c1-8-16(2)18(4)14-26-29-25(30(5)15-19-10-20(27)12-21(33)11-19)28-22-13-24(32-7)23(31-6)9-17(22)3/h9-13,26H,8,14-15,33H2,1-7H3,(H,28,29)/b18-16+. The number of ether oxygens (including phenoxy) is 2. The molecule has 0 fully saturated rings. The van der Waals surface area contributed by atoms with Gasteiger partial charge in [-0.15, -0.1) is 9.24 Å². The highest BCUT2D eigenvalue weighted by molar-refractivity contribution is 7.27. The number of methoxy groups -OCH3 is 2. The van der Waals surface area contributed by atoms with E-state index in [-0.39, 0.29) is 5.82 Å². The van der Waals surface area contributed by atoms with Gasteiger partial charge < -0.3 is 24.6 Å². The lowest BCUT2D eigenvalue weighted by Crippen LogP contribution is -2.33. The Balaban J connectivity index is 2.34. The highest BCUT2D eigenvalue weighted by atomic mass is 31.0. The van der Waals surface area contributed by atoms with E-state index in [1.807, 2.05) is 37.1 Å². The van der Waals surface area contributed by atoms with Gasteiger partial charge in [0.15, 0.2) is 17.5 Å².